The number of aliphatic carboxylic acids is 1. The number of carbonyl (C=O) groups is 3. The van der Waals surface area contributed by atoms with E-state index in [1.165, 1.54) is 19.1 Å². The van der Waals surface area contributed by atoms with Crippen LogP contribution in [0.4, 0.5) is 0 Å². The molecule has 1 aromatic rings. The van der Waals surface area contributed by atoms with Gasteiger partial charge in [-0.3, -0.25) is 14.4 Å². The fourth-order valence-electron chi connectivity index (χ4n) is 2.76. The third kappa shape index (κ3) is 3.80. The van der Waals surface area contributed by atoms with Crippen LogP contribution >= 0.6 is 0 Å². The molecule has 2 rings (SSSR count). The van der Waals surface area contributed by atoms with Crippen LogP contribution < -0.4 is 4.74 Å². The second-order valence-electron chi connectivity index (χ2n) is 5.36. The molecule has 0 aliphatic carbocycles. The first-order valence-electron chi connectivity index (χ1n) is 7.19. The van der Waals surface area contributed by atoms with Gasteiger partial charge in [-0.05, 0) is 17.7 Å². The molecule has 1 amide bonds. The molecule has 1 aliphatic heterocycles. The van der Waals surface area contributed by atoms with Crippen LogP contribution in [-0.2, 0) is 19.1 Å². The molecule has 124 valence electrons. The van der Waals surface area contributed by atoms with Gasteiger partial charge >= 0.3 is 11.9 Å². The smallest absolute Gasteiger partial charge is 0.310 e. The molecule has 2 atom stereocenters. The summed E-state index contributed by atoms with van der Waals surface area (Å²) in [6.45, 7) is 0.162. The highest BCUT2D eigenvalue weighted by atomic mass is 16.5. The second-order valence-corrected chi connectivity index (χ2v) is 5.36. The van der Waals surface area contributed by atoms with Crippen LogP contribution in [0.25, 0.3) is 0 Å². The van der Waals surface area contributed by atoms with E-state index in [0.717, 1.165) is 0 Å². The van der Waals surface area contributed by atoms with E-state index in [-0.39, 0.29) is 25.3 Å². The number of hydrogen-bond donors (Lipinski definition) is 1. The first kappa shape index (κ1) is 16.8. The van der Waals surface area contributed by atoms with Gasteiger partial charge in [0.15, 0.2) is 0 Å². The predicted molar refractivity (Wildman–Crippen MR) is 79.8 cm³/mol. The summed E-state index contributed by atoms with van der Waals surface area (Å²) in [6, 6.07) is 6.25. The summed E-state index contributed by atoms with van der Waals surface area (Å²) in [5.41, 5.74) is 0.687. The van der Waals surface area contributed by atoms with Crippen LogP contribution in [0.1, 0.15) is 24.4 Å². The Labute approximate surface area is 133 Å². The van der Waals surface area contributed by atoms with Gasteiger partial charge in [-0.2, -0.15) is 0 Å². The fraction of sp³-hybridized carbons (Fsp3) is 0.438. The van der Waals surface area contributed by atoms with E-state index in [0.29, 0.717) is 11.3 Å². The minimum Gasteiger partial charge on any atom is -0.497 e. The van der Waals surface area contributed by atoms with Gasteiger partial charge in [0.25, 0.3) is 0 Å². The lowest BCUT2D eigenvalue weighted by atomic mass is 10.0. The van der Waals surface area contributed by atoms with Crippen molar-refractivity contribution in [2.24, 2.45) is 5.92 Å². The molecule has 1 aliphatic rings. The van der Waals surface area contributed by atoms with Gasteiger partial charge in [0.05, 0.1) is 32.6 Å². The standard InChI is InChI=1S/C16H19NO6/c1-22-12-5-3-10(4-6-12)13(8-15(19)20)17-9-11(7-14(17)18)16(21)23-2/h3-6,11,13H,7-9H2,1-2H3,(H,19,20). The van der Waals surface area contributed by atoms with Crippen LogP contribution in [0.15, 0.2) is 24.3 Å². The monoisotopic (exact) mass is 321 g/mol. The molecule has 1 aromatic carbocycles. The molecular formula is C16H19NO6. The molecule has 7 nitrogen and oxygen atoms in total. The van der Waals surface area contributed by atoms with E-state index in [9.17, 15) is 14.4 Å². The topological polar surface area (TPSA) is 93.1 Å². The number of carboxylic acid groups (broad SMARTS) is 1. The Bertz CT molecular complexity index is 597. The Balaban J connectivity index is 2.25. The van der Waals surface area contributed by atoms with E-state index in [2.05, 4.69) is 4.74 Å². The van der Waals surface area contributed by atoms with Gasteiger partial charge < -0.3 is 19.5 Å². The van der Waals surface area contributed by atoms with Crippen molar-refractivity contribution >= 4 is 17.8 Å². The summed E-state index contributed by atoms with van der Waals surface area (Å²) in [5.74, 6) is -1.63. The predicted octanol–water partition coefficient (Wildman–Crippen LogP) is 1.23. The summed E-state index contributed by atoms with van der Waals surface area (Å²) in [4.78, 5) is 36.5. The average molecular weight is 321 g/mol. The Morgan fingerprint density at radius 3 is 2.48 bits per heavy atom. The Morgan fingerprint density at radius 2 is 1.96 bits per heavy atom. The lowest BCUT2D eigenvalue weighted by Gasteiger charge is -2.27. The summed E-state index contributed by atoms with van der Waals surface area (Å²) >= 11 is 0. The van der Waals surface area contributed by atoms with Crippen molar-refractivity contribution in [3.05, 3.63) is 29.8 Å². The van der Waals surface area contributed by atoms with E-state index >= 15 is 0 Å². The lowest BCUT2D eigenvalue weighted by molar-refractivity contribution is -0.145. The molecule has 23 heavy (non-hydrogen) atoms. The van der Waals surface area contributed by atoms with Gasteiger partial charge in [-0.1, -0.05) is 12.1 Å². The SMILES string of the molecule is COC(=O)C1CC(=O)N(C(CC(=O)O)c2ccc(OC)cc2)C1. The van der Waals surface area contributed by atoms with Crippen molar-refractivity contribution in [3.63, 3.8) is 0 Å². The average Bonchev–Trinajstić information content (AvgIpc) is 2.93. The quantitative estimate of drug-likeness (QED) is 0.792. The highest BCUT2D eigenvalue weighted by Gasteiger charge is 2.39. The van der Waals surface area contributed by atoms with Crippen LogP contribution in [0.5, 0.6) is 5.75 Å². The number of amides is 1. The van der Waals surface area contributed by atoms with Gasteiger partial charge in [0.2, 0.25) is 5.91 Å². The minimum absolute atomic E-state index is 0.0406. The molecular weight excluding hydrogens is 302 g/mol. The van der Waals surface area contributed by atoms with Gasteiger partial charge in [-0.25, -0.2) is 0 Å². The molecule has 0 spiro atoms. The third-order valence-electron chi connectivity index (χ3n) is 3.94. The van der Waals surface area contributed by atoms with Crippen LogP contribution in [0.2, 0.25) is 0 Å². The van der Waals surface area contributed by atoms with Crippen molar-refractivity contribution in [3.8, 4) is 5.75 Å². The maximum atomic E-state index is 12.2. The Kier molecular flexibility index (Phi) is 5.20. The number of carboxylic acids is 1. The number of carbonyl (C=O) groups excluding carboxylic acids is 2. The van der Waals surface area contributed by atoms with Gasteiger partial charge in [0.1, 0.15) is 5.75 Å². The molecule has 1 saturated heterocycles. The highest BCUT2D eigenvalue weighted by Crippen LogP contribution is 2.32. The van der Waals surface area contributed by atoms with Crippen LogP contribution in [0, 0.1) is 5.92 Å². The minimum atomic E-state index is -1.01. The van der Waals surface area contributed by atoms with Crippen molar-refractivity contribution in [1.29, 1.82) is 0 Å². The highest BCUT2D eigenvalue weighted by molar-refractivity contribution is 5.87. The fourth-order valence-corrected chi connectivity index (χ4v) is 2.76. The largest absolute Gasteiger partial charge is 0.497 e. The first-order chi connectivity index (χ1) is 11.0. The number of ether oxygens (including phenoxy) is 2. The zero-order valence-electron chi connectivity index (χ0n) is 13.0. The van der Waals surface area contributed by atoms with Crippen molar-refractivity contribution < 1.29 is 29.0 Å². The number of hydrogen-bond acceptors (Lipinski definition) is 5. The van der Waals surface area contributed by atoms with Crippen molar-refractivity contribution in [2.45, 2.75) is 18.9 Å². The second kappa shape index (κ2) is 7.13. The zero-order valence-corrected chi connectivity index (χ0v) is 13.0. The van der Waals surface area contributed by atoms with E-state index < -0.39 is 23.9 Å². The number of benzene rings is 1. The summed E-state index contributed by atoms with van der Waals surface area (Å²) in [6.07, 6.45) is -0.190. The molecule has 7 heteroatoms. The molecule has 1 N–H and O–H groups in total. The molecule has 1 heterocycles. The summed E-state index contributed by atoms with van der Waals surface area (Å²) < 4.78 is 9.76. The molecule has 0 radical (unpaired) electrons. The van der Waals surface area contributed by atoms with E-state index in [1.54, 1.807) is 24.3 Å². The van der Waals surface area contributed by atoms with Crippen LogP contribution in [-0.4, -0.2) is 48.6 Å². The zero-order chi connectivity index (χ0) is 17.0. The molecule has 0 saturated carbocycles. The van der Waals surface area contributed by atoms with E-state index in [1.807, 2.05) is 0 Å². The normalized spacial score (nSPS) is 18.6. The van der Waals surface area contributed by atoms with E-state index in [4.69, 9.17) is 9.84 Å². The maximum Gasteiger partial charge on any atom is 0.310 e. The molecule has 1 fully saturated rings. The number of esters is 1. The first-order valence-corrected chi connectivity index (χ1v) is 7.19. The van der Waals surface area contributed by atoms with Gasteiger partial charge in [-0.15, -0.1) is 0 Å². The molecule has 2 unspecified atom stereocenters. The number of rotatable bonds is 6. The number of methoxy groups -OCH3 is 2. The van der Waals surface area contributed by atoms with Crippen molar-refractivity contribution in [2.75, 3.05) is 20.8 Å². The van der Waals surface area contributed by atoms with Crippen molar-refractivity contribution in [1.82, 2.24) is 4.90 Å². The Hall–Kier alpha value is -2.57. The summed E-state index contributed by atoms with van der Waals surface area (Å²) in [5, 5.41) is 9.16. The molecule has 0 aromatic heterocycles. The lowest BCUT2D eigenvalue weighted by Crippen LogP contribution is -2.32. The Morgan fingerprint density at radius 1 is 1.30 bits per heavy atom. The third-order valence-corrected chi connectivity index (χ3v) is 3.94. The summed E-state index contributed by atoms with van der Waals surface area (Å²) in [7, 11) is 2.81. The molecule has 0 bridgehead atoms. The number of likely N-dealkylation sites (tertiary alicyclic amines) is 1. The van der Waals surface area contributed by atoms with Gasteiger partial charge in [0, 0.05) is 13.0 Å². The number of nitrogens with zero attached hydrogens (tertiary/aromatic N) is 1. The maximum absolute atomic E-state index is 12.2. The van der Waals surface area contributed by atoms with Crippen LogP contribution in [0.3, 0.4) is 0 Å².